The lowest BCUT2D eigenvalue weighted by molar-refractivity contribution is 0.332. The molecule has 19 heavy (non-hydrogen) atoms. The zero-order valence-corrected chi connectivity index (χ0v) is 11.5. The largest absolute Gasteiger partial charge is 0.381 e. The van der Waals surface area contributed by atoms with Gasteiger partial charge in [0.25, 0.3) is 0 Å². The Morgan fingerprint density at radius 2 is 2.11 bits per heavy atom. The van der Waals surface area contributed by atoms with Crippen molar-refractivity contribution in [3.63, 3.8) is 0 Å². The SMILES string of the molecule is CS(=O)(=O)N1CCC(Nc2ccc(C#N)nc2)CC1. The fraction of sp³-hybridized carbons (Fsp3) is 0.500. The van der Waals surface area contributed by atoms with Gasteiger partial charge < -0.3 is 5.32 Å². The second-order valence-electron chi connectivity index (χ2n) is 4.62. The summed E-state index contributed by atoms with van der Waals surface area (Å²) >= 11 is 0. The summed E-state index contributed by atoms with van der Waals surface area (Å²) in [5.74, 6) is 0. The van der Waals surface area contributed by atoms with E-state index in [0.717, 1.165) is 18.5 Å². The first-order valence-corrected chi connectivity index (χ1v) is 7.91. The maximum atomic E-state index is 11.4. The normalized spacial score (nSPS) is 17.9. The number of nitriles is 1. The van der Waals surface area contributed by atoms with Crippen molar-refractivity contribution in [2.75, 3.05) is 24.7 Å². The molecule has 2 heterocycles. The third-order valence-corrected chi connectivity index (χ3v) is 4.47. The Balaban J connectivity index is 1.90. The summed E-state index contributed by atoms with van der Waals surface area (Å²) in [6.07, 6.45) is 4.41. The van der Waals surface area contributed by atoms with Crippen LogP contribution in [-0.4, -0.2) is 43.1 Å². The van der Waals surface area contributed by atoms with Crippen LogP contribution in [0.5, 0.6) is 0 Å². The van der Waals surface area contributed by atoms with E-state index in [1.807, 2.05) is 12.1 Å². The van der Waals surface area contributed by atoms with E-state index in [-0.39, 0.29) is 6.04 Å². The smallest absolute Gasteiger partial charge is 0.211 e. The molecule has 7 heteroatoms. The molecule has 1 N–H and O–H groups in total. The highest BCUT2D eigenvalue weighted by molar-refractivity contribution is 7.88. The second kappa shape index (κ2) is 5.55. The van der Waals surface area contributed by atoms with Gasteiger partial charge in [-0.3, -0.25) is 0 Å². The van der Waals surface area contributed by atoms with Crippen LogP contribution in [0, 0.1) is 11.3 Å². The Morgan fingerprint density at radius 3 is 2.58 bits per heavy atom. The average molecular weight is 280 g/mol. The summed E-state index contributed by atoms with van der Waals surface area (Å²) in [6, 6.07) is 5.69. The van der Waals surface area contributed by atoms with Crippen molar-refractivity contribution < 1.29 is 8.42 Å². The van der Waals surface area contributed by atoms with Gasteiger partial charge in [0.2, 0.25) is 10.0 Å². The zero-order valence-electron chi connectivity index (χ0n) is 10.7. The summed E-state index contributed by atoms with van der Waals surface area (Å²) in [5, 5.41) is 12.0. The number of nitrogens with one attached hydrogen (secondary N) is 1. The van der Waals surface area contributed by atoms with Gasteiger partial charge in [-0.2, -0.15) is 5.26 Å². The number of pyridine rings is 1. The average Bonchev–Trinajstić information content (AvgIpc) is 2.39. The van der Waals surface area contributed by atoms with Crippen molar-refractivity contribution in [3.05, 3.63) is 24.0 Å². The molecule has 0 atom stereocenters. The van der Waals surface area contributed by atoms with Crippen LogP contribution < -0.4 is 5.32 Å². The molecule has 1 fully saturated rings. The Labute approximate surface area is 113 Å². The Bertz CT molecular complexity index is 569. The van der Waals surface area contributed by atoms with Crippen molar-refractivity contribution in [2.45, 2.75) is 18.9 Å². The molecule has 1 aliphatic rings. The third kappa shape index (κ3) is 3.66. The first kappa shape index (κ1) is 13.8. The Morgan fingerprint density at radius 1 is 1.42 bits per heavy atom. The Kier molecular flexibility index (Phi) is 4.02. The van der Waals surface area contributed by atoms with Crippen molar-refractivity contribution in [1.82, 2.24) is 9.29 Å². The van der Waals surface area contributed by atoms with Gasteiger partial charge in [0.15, 0.2) is 0 Å². The lowest BCUT2D eigenvalue weighted by Crippen LogP contribution is -2.41. The van der Waals surface area contributed by atoms with Crippen molar-refractivity contribution in [1.29, 1.82) is 5.26 Å². The van der Waals surface area contributed by atoms with E-state index < -0.39 is 10.0 Å². The van der Waals surface area contributed by atoms with E-state index in [1.54, 1.807) is 12.3 Å². The van der Waals surface area contributed by atoms with Gasteiger partial charge in [-0.15, -0.1) is 0 Å². The molecule has 0 amide bonds. The molecule has 0 saturated carbocycles. The van der Waals surface area contributed by atoms with Crippen LogP contribution in [0.15, 0.2) is 18.3 Å². The minimum Gasteiger partial charge on any atom is -0.381 e. The molecule has 2 rings (SSSR count). The molecule has 1 aliphatic heterocycles. The minimum atomic E-state index is -3.07. The lowest BCUT2D eigenvalue weighted by atomic mass is 10.1. The highest BCUT2D eigenvalue weighted by Crippen LogP contribution is 2.17. The minimum absolute atomic E-state index is 0.243. The highest BCUT2D eigenvalue weighted by Gasteiger charge is 2.24. The van der Waals surface area contributed by atoms with E-state index in [4.69, 9.17) is 5.26 Å². The van der Waals surface area contributed by atoms with E-state index >= 15 is 0 Å². The monoisotopic (exact) mass is 280 g/mol. The van der Waals surface area contributed by atoms with Crippen LogP contribution in [0.3, 0.4) is 0 Å². The molecule has 6 nitrogen and oxygen atoms in total. The maximum absolute atomic E-state index is 11.4. The van der Waals surface area contributed by atoms with Gasteiger partial charge in [-0.1, -0.05) is 0 Å². The van der Waals surface area contributed by atoms with Gasteiger partial charge in [-0.25, -0.2) is 17.7 Å². The molecular weight excluding hydrogens is 264 g/mol. The first-order valence-electron chi connectivity index (χ1n) is 6.07. The molecule has 102 valence electrons. The van der Waals surface area contributed by atoms with Gasteiger partial charge in [0, 0.05) is 19.1 Å². The van der Waals surface area contributed by atoms with Gasteiger partial charge in [-0.05, 0) is 25.0 Å². The molecular formula is C12H16N4O2S. The van der Waals surface area contributed by atoms with Crippen LogP contribution in [0.2, 0.25) is 0 Å². The summed E-state index contributed by atoms with van der Waals surface area (Å²) < 4.78 is 24.3. The predicted molar refractivity (Wildman–Crippen MR) is 72.0 cm³/mol. The summed E-state index contributed by atoms with van der Waals surface area (Å²) in [5.41, 5.74) is 1.24. The van der Waals surface area contributed by atoms with Crippen molar-refractivity contribution in [2.24, 2.45) is 0 Å². The predicted octanol–water partition coefficient (Wildman–Crippen LogP) is 0.789. The molecule has 0 spiro atoms. The second-order valence-corrected chi connectivity index (χ2v) is 6.61. The van der Waals surface area contributed by atoms with Crippen LogP contribution >= 0.6 is 0 Å². The molecule has 1 saturated heterocycles. The van der Waals surface area contributed by atoms with Crippen molar-refractivity contribution >= 4 is 15.7 Å². The third-order valence-electron chi connectivity index (χ3n) is 3.17. The van der Waals surface area contributed by atoms with Crippen molar-refractivity contribution in [3.8, 4) is 6.07 Å². The fourth-order valence-electron chi connectivity index (χ4n) is 2.11. The topological polar surface area (TPSA) is 86.1 Å². The summed E-state index contributed by atoms with van der Waals surface area (Å²) in [6.45, 7) is 1.08. The first-order chi connectivity index (χ1) is 8.99. The molecule has 1 aromatic rings. The number of aromatic nitrogens is 1. The summed E-state index contributed by atoms with van der Waals surface area (Å²) in [4.78, 5) is 3.99. The molecule has 0 bridgehead atoms. The van der Waals surface area contributed by atoms with E-state index in [9.17, 15) is 8.42 Å². The number of sulfonamides is 1. The maximum Gasteiger partial charge on any atom is 0.211 e. The van der Waals surface area contributed by atoms with E-state index in [2.05, 4.69) is 10.3 Å². The lowest BCUT2D eigenvalue weighted by Gasteiger charge is -2.31. The number of hydrogen-bond acceptors (Lipinski definition) is 5. The standard InChI is InChI=1S/C12H16N4O2S/c1-19(17,18)16-6-4-10(5-7-16)15-12-3-2-11(8-13)14-9-12/h2-3,9-10,15H,4-7H2,1H3. The number of piperidine rings is 1. The molecule has 0 aromatic carbocycles. The highest BCUT2D eigenvalue weighted by atomic mass is 32.2. The van der Waals surface area contributed by atoms with Gasteiger partial charge in [0.05, 0.1) is 18.1 Å². The van der Waals surface area contributed by atoms with Gasteiger partial charge in [0.1, 0.15) is 11.8 Å². The Hall–Kier alpha value is -1.65. The van der Waals surface area contributed by atoms with Crippen LogP contribution in [0.1, 0.15) is 18.5 Å². The fourth-order valence-corrected chi connectivity index (χ4v) is 2.99. The molecule has 0 radical (unpaired) electrons. The zero-order chi connectivity index (χ0) is 13.9. The van der Waals surface area contributed by atoms with Gasteiger partial charge >= 0.3 is 0 Å². The van der Waals surface area contributed by atoms with Crippen LogP contribution in [-0.2, 0) is 10.0 Å². The summed E-state index contributed by atoms with van der Waals surface area (Å²) in [7, 11) is -3.07. The van der Waals surface area contributed by atoms with E-state index in [0.29, 0.717) is 18.8 Å². The molecule has 1 aromatic heterocycles. The number of hydrogen-bond donors (Lipinski definition) is 1. The number of anilines is 1. The number of rotatable bonds is 3. The molecule has 0 aliphatic carbocycles. The van der Waals surface area contributed by atoms with E-state index in [1.165, 1.54) is 10.6 Å². The number of nitrogens with zero attached hydrogens (tertiary/aromatic N) is 3. The van der Waals surface area contributed by atoms with Crippen LogP contribution in [0.4, 0.5) is 5.69 Å². The molecule has 0 unspecified atom stereocenters. The van der Waals surface area contributed by atoms with Crippen LogP contribution in [0.25, 0.3) is 0 Å². The quantitative estimate of drug-likeness (QED) is 0.884.